The van der Waals surface area contributed by atoms with Gasteiger partial charge in [0, 0.05) is 25.7 Å². The van der Waals surface area contributed by atoms with Crippen molar-refractivity contribution in [3.63, 3.8) is 0 Å². The first-order valence-electron chi connectivity index (χ1n) is 7.50. The third-order valence-electron chi connectivity index (χ3n) is 4.01. The summed E-state index contributed by atoms with van der Waals surface area (Å²) in [5, 5.41) is 7.56. The smallest absolute Gasteiger partial charge is 0.180 e. The summed E-state index contributed by atoms with van der Waals surface area (Å²) >= 11 is 3.70. The van der Waals surface area contributed by atoms with E-state index in [4.69, 9.17) is 4.98 Å². The Bertz CT molecular complexity index is 631. The third-order valence-corrected chi connectivity index (χ3v) is 4.79. The standard InChI is InChI=1S/C15H20BrN5/c1-3-17-15-12(16)13(10-6-4-5-7-10)19-14(20-15)11-8-9-18-21(11)2/h8-10H,3-7H2,1-2H3,(H,17,19,20). The molecule has 0 aromatic carbocycles. The molecule has 0 amide bonds. The van der Waals surface area contributed by atoms with Gasteiger partial charge in [-0.3, -0.25) is 4.68 Å². The molecule has 1 aliphatic rings. The Morgan fingerprint density at radius 2 is 2.10 bits per heavy atom. The Morgan fingerprint density at radius 1 is 1.33 bits per heavy atom. The molecule has 0 atom stereocenters. The molecule has 1 fully saturated rings. The summed E-state index contributed by atoms with van der Waals surface area (Å²) in [6.45, 7) is 2.91. The number of hydrogen-bond donors (Lipinski definition) is 1. The lowest BCUT2D eigenvalue weighted by atomic mass is 10.0. The van der Waals surface area contributed by atoms with Crippen molar-refractivity contribution in [1.82, 2.24) is 19.7 Å². The minimum absolute atomic E-state index is 0.534. The predicted octanol–water partition coefficient (Wildman–Crippen LogP) is 3.73. The van der Waals surface area contributed by atoms with Gasteiger partial charge in [-0.15, -0.1) is 0 Å². The molecule has 0 saturated heterocycles. The topological polar surface area (TPSA) is 55.6 Å². The predicted molar refractivity (Wildman–Crippen MR) is 87.3 cm³/mol. The molecule has 2 aromatic rings. The number of hydrogen-bond acceptors (Lipinski definition) is 4. The Morgan fingerprint density at radius 3 is 2.71 bits per heavy atom. The van der Waals surface area contributed by atoms with Crippen LogP contribution in [0.3, 0.4) is 0 Å². The average molecular weight is 350 g/mol. The van der Waals surface area contributed by atoms with Crippen LogP contribution in [0.25, 0.3) is 11.5 Å². The van der Waals surface area contributed by atoms with Gasteiger partial charge in [0.1, 0.15) is 11.5 Å². The van der Waals surface area contributed by atoms with Crippen molar-refractivity contribution in [2.75, 3.05) is 11.9 Å². The maximum atomic E-state index is 4.84. The summed E-state index contributed by atoms with van der Waals surface area (Å²) in [7, 11) is 1.92. The fraction of sp³-hybridized carbons (Fsp3) is 0.533. The summed E-state index contributed by atoms with van der Waals surface area (Å²) in [6, 6.07) is 1.96. The van der Waals surface area contributed by atoms with Crippen molar-refractivity contribution in [3.05, 3.63) is 22.4 Å². The van der Waals surface area contributed by atoms with Crippen molar-refractivity contribution in [2.24, 2.45) is 7.05 Å². The molecule has 3 rings (SSSR count). The highest BCUT2D eigenvalue weighted by atomic mass is 79.9. The van der Waals surface area contributed by atoms with Gasteiger partial charge in [-0.05, 0) is 41.8 Å². The molecular formula is C15H20BrN5. The van der Waals surface area contributed by atoms with Crippen LogP contribution in [0.15, 0.2) is 16.7 Å². The minimum atomic E-state index is 0.534. The van der Waals surface area contributed by atoms with Gasteiger partial charge in [0.2, 0.25) is 0 Å². The highest BCUT2D eigenvalue weighted by Gasteiger charge is 2.24. The van der Waals surface area contributed by atoms with Crippen LogP contribution in [0.4, 0.5) is 5.82 Å². The highest BCUT2D eigenvalue weighted by molar-refractivity contribution is 9.10. The van der Waals surface area contributed by atoms with E-state index < -0.39 is 0 Å². The monoisotopic (exact) mass is 349 g/mol. The van der Waals surface area contributed by atoms with E-state index in [1.165, 1.54) is 25.7 Å². The van der Waals surface area contributed by atoms with Crippen LogP contribution in [0.5, 0.6) is 0 Å². The molecule has 6 heteroatoms. The van der Waals surface area contributed by atoms with E-state index >= 15 is 0 Å². The van der Waals surface area contributed by atoms with Crippen molar-refractivity contribution in [3.8, 4) is 11.5 Å². The maximum Gasteiger partial charge on any atom is 0.180 e. The number of nitrogens with zero attached hydrogens (tertiary/aromatic N) is 4. The van der Waals surface area contributed by atoms with E-state index in [1.54, 1.807) is 6.20 Å². The molecule has 0 spiro atoms. The van der Waals surface area contributed by atoms with Gasteiger partial charge in [0.15, 0.2) is 5.82 Å². The Kier molecular flexibility index (Phi) is 4.24. The second-order valence-corrected chi connectivity index (χ2v) is 6.24. The first kappa shape index (κ1) is 14.5. The molecule has 1 aliphatic carbocycles. The SMILES string of the molecule is CCNc1nc(-c2ccnn2C)nc(C2CCCC2)c1Br. The molecule has 112 valence electrons. The van der Waals surface area contributed by atoms with E-state index in [2.05, 4.69) is 38.3 Å². The van der Waals surface area contributed by atoms with Gasteiger partial charge in [0.05, 0.1) is 10.2 Å². The van der Waals surface area contributed by atoms with Crippen LogP contribution < -0.4 is 5.32 Å². The summed E-state index contributed by atoms with van der Waals surface area (Å²) in [5.74, 6) is 2.16. The van der Waals surface area contributed by atoms with Crippen LogP contribution in [-0.4, -0.2) is 26.3 Å². The lowest BCUT2D eigenvalue weighted by molar-refractivity contribution is 0.688. The van der Waals surface area contributed by atoms with Gasteiger partial charge in [0.25, 0.3) is 0 Å². The summed E-state index contributed by atoms with van der Waals surface area (Å²) in [6.07, 6.45) is 6.79. The third kappa shape index (κ3) is 2.81. The molecule has 0 bridgehead atoms. The zero-order valence-corrected chi connectivity index (χ0v) is 14.0. The zero-order chi connectivity index (χ0) is 14.8. The van der Waals surface area contributed by atoms with E-state index in [1.807, 2.05) is 17.8 Å². The molecule has 21 heavy (non-hydrogen) atoms. The molecule has 0 aliphatic heterocycles. The Labute approximate surface area is 133 Å². The second kappa shape index (κ2) is 6.13. The van der Waals surface area contributed by atoms with E-state index in [9.17, 15) is 0 Å². The molecular weight excluding hydrogens is 330 g/mol. The zero-order valence-electron chi connectivity index (χ0n) is 12.4. The van der Waals surface area contributed by atoms with E-state index in [0.717, 1.165) is 34.0 Å². The molecule has 5 nitrogen and oxygen atoms in total. The lowest BCUT2D eigenvalue weighted by Crippen LogP contribution is -2.09. The average Bonchev–Trinajstić information content (AvgIpc) is 3.13. The quantitative estimate of drug-likeness (QED) is 0.913. The number of anilines is 1. The molecule has 2 aromatic heterocycles. The summed E-state index contributed by atoms with van der Waals surface area (Å²) < 4.78 is 2.83. The lowest BCUT2D eigenvalue weighted by Gasteiger charge is -2.16. The van der Waals surface area contributed by atoms with Gasteiger partial charge < -0.3 is 5.32 Å². The largest absolute Gasteiger partial charge is 0.369 e. The molecule has 1 N–H and O–H groups in total. The van der Waals surface area contributed by atoms with Crippen molar-refractivity contribution < 1.29 is 0 Å². The Hall–Kier alpha value is -1.43. The van der Waals surface area contributed by atoms with Crippen molar-refractivity contribution >= 4 is 21.7 Å². The van der Waals surface area contributed by atoms with Crippen LogP contribution in [-0.2, 0) is 7.05 Å². The fourth-order valence-electron chi connectivity index (χ4n) is 2.93. The van der Waals surface area contributed by atoms with Crippen LogP contribution in [0.1, 0.15) is 44.2 Å². The van der Waals surface area contributed by atoms with Gasteiger partial charge >= 0.3 is 0 Å². The van der Waals surface area contributed by atoms with Crippen LogP contribution in [0.2, 0.25) is 0 Å². The molecule has 1 saturated carbocycles. The maximum absolute atomic E-state index is 4.84. The summed E-state index contributed by atoms with van der Waals surface area (Å²) in [5.41, 5.74) is 2.08. The number of rotatable bonds is 4. The number of halogens is 1. The Balaban J connectivity index is 2.10. The number of nitrogens with one attached hydrogen (secondary N) is 1. The number of aromatic nitrogens is 4. The summed E-state index contributed by atoms with van der Waals surface area (Å²) in [4.78, 5) is 9.51. The first-order valence-corrected chi connectivity index (χ1v) is 8.29. The van der Waals surface area contributed by atoms with Gasteiger partial charge in [-0.1, -0.05) is 12.8 Å². The molecule has 0 unspecified atom stereocenters. The van der Waals surface area contributed by atoms with E-state index in [-0.39, 0.29) is 0 Å². The normalized spacial score (nSPS) is 15.6. The number of aryl methyl sites for hydroxylation is 1. The second-order valence-electron chi connectivity index (χ2n) is 5.45. The fourth-order valence-corrected chi connectivity index (χ4v) is 3.57. The van der Waals surface area contributed by atoms with Gasteiger partial charge in [-0.2, -0.15) is 5.10 Å². The van der Waals surface area contributed by atoms with Crippen molar-refractivity contribution in [2.45, 2.75) is 38.5 Å². The van der Waals surface area contributed by atoms with Gasteiger partial charge in [-0.25, -0.2) is 9.97 Å². The highest BCUT2D eigenvalue weighted by Crippen LogP contribution is 2.39. The molecule has 0 radical (unpaired) electrons. The molecule has 2 heterocycles. The van der Waals surface area contributed by atoms with Crippen LogP contribution >= 0.6 is 15.9 Å². The van der Waals surface area contributed by atoms with Crippen LogP contribution in [0, 0.1) is 0 Å². The minimum Gasteiger partial charge on any atom is -0.369 e. The van der Waals surface area contributed by atoms with Crippen molar-refractivity contribution in [1.29, 1.82) is 0 Å². The van der Waals surface area contributed by atoms with E-state index in [0.29, 0.717) is 5.92 Å². The first-order chi connectivity index (χ1) is 10.2.